The first kappa shape index (κ1) is 23.8. The Bertz CT molecular complexity index is 1150. The lowest BCUT2D eigenvalue weighted by atomic mass is 10.0. The van der Waals surface area contributed by atoms with Gasteiger partial charge in [-0.25, -0.2) is 13.1 Å². The third-order valence-electron chi connectivity index (χ3n) is 3.95. The number of hydrogen-bond acceptors (Lipinski definition) is 4. The van der Waals surface area contributed by atoms with Crippen LogP contribution in [0.1, 0.15) is 19.4 Å². The second-order valence-electron chi connectivity index (χ2n) is 5.86. The molecule has 3 aromatic carbocycles. The molecule has 0 saturated carbocycles. The van der Waals surface area contributed by atoms with Crippen LogP contribution in [0, 0.1) is 11.5 Å². The molecular weight excluding hydrogens is 429 g/mol. The number of sulfonamides is 1. The van der Waals surface area contributed by atoms with Crippen LogP contribution in [-0.2, 0) is 16.2 Å². The molecule has 0 atom stereocenters. The van der Waals surface area contributed by atoms with E-state index in [1.807, 2.05) is 13.8 Å². The minimum Gasteiger partial charge on any atom is -0.457 e. The molecule has 0 radical (unpaired) electrons. The van der Waals surface area contributed by atoms with Crippen molar-refractivity contribution < 1.29 is 26.3 Å². The molecule has 5 nitrogen and oxygen atoms in total. The van der Waals surface area contributed by atoms with Crippen molar-refractivity contribution in [1.82, 2.24) is 4.72 Å². The molecule has 1 N–H and O–H groups in total. The largest absolute Gasteiger partial charge is 0.457 e. The summed E-state index contributed by atoms with van der Waals surface area (Å²) in [5, 5.41) is 8.51. The molecule has 31 heavy (non-hydrogen) atoms. The Morgan fingerprint density at radius 1 is 0.903 bits per heavy atom. The van der Waals surface area contributed by atoms with Crippen molar-refractivity contribution in [3.05, 3.63) is 78.4 Å². The smallest absolute Gasteiger partial charge is 0.416 e. The van der Waals surface area contributed by atoms with E-state index < -0.39 is 21.8 Å². The van der Waals surface area contributed by atoms with Gasteiger partial charge in [0.1, 0.15) is 11.5 Å². The summed E-state index contributed by atoms with van der Waals surface area (Å²) in [5.41, 5.74) is 0.467. The van der Waals surface area contributed by atoms with Gasteiger partial charge in [-0.1, -0.05) is 44.2 Å². The molecular formula is C22H19F3N2O3S. The number of para-hydroxylation sites is 1. The predicted octanol–water partition coefficient (Wildman–Crippen LogP) is 5.95. The summed E-state index contributed by atoms with van der Waals surface area (Å²) < 4.78 is 69.2. The SMILES string of the molecule is CC.N#CNS(=O)(=O)c1ccc(-c2ccccc2Oc2ccc(C(F)(F)F)cc2)cc1. The second kappa shape index (κ2) is 10.00. The van der Waals surface area contributed by atoms with Gasteiger partial charge < -0.3 is 4.74 Å². The van der Waals surface area contributed by atoms with Crippen LogP contribution >= 0.6 is 0 Å². The molecule has 0 amide bonds. The van der Waals surface area contributed by atoms with Gasteiger partial charge >= 0.3 is 6.18 Å². The van der Waals surface area contributed by atoms with Crippen molar-refractivity contribution >= 4 is 10.0 Å². The topological polar surface area (TPSA) is 79.2 Å². The van der Waals surface area contributed by atoms with E-state index in [-0.39, 0.29) is 10.6 Å². The molecule has 3 rings (SSSR count). The number of ether oxygens (including phenoxy) is 1. The van der Waals surface area contributed by atoms with Gasteiger partial charge in [0, 0.05) is 5.56 Å². The third-order valence-corrected chi connectivity index (χ3v) is 5.20. The number of halogens is 3. The van der Waals surface area contributed by atoms with Crippen LogP contribution in [0.2, 0.25) is 0 Å². The number of nitriles is 1. The fraction of sp³-hybridized carbons (Fsp3) is 0.136. The van der Waals surface area contributed by atoms with Crippen molar-refractivity contribution in [2.24, 2.45) is 0 Å². The van der Waals surface area contributed by atoms with Crippen LogP contribution in [-0.4, -0.2) is 8.42 Å². The summed E-state index contributed by atoms with van der Waals surface area (Å²) in [6.07, 6.45) is -3.06. The first-order valence-corrected chi connectivity index (χ1v) is 10.6. The van der Waals surface area contributed by atoms with E-state index in [2.05, 4.69) is 0 Å². The number of benzene rings is 3. The summed E-state index contributed by atoms with van der Waals surface area (Å²) in [5.74, 6) is 0.612. The fourth-order valence-corrected chi connectivity index (χ4v) is 3.30. The Morgan fingerprint density at radius 2 is 1.48 bits per heavy atom. The van der Waals surface area contributed by atoms with Gasteiger partial charge in [0.25, 0.3) is 10.0 Å². The standard InChI is InChI=1S/C20H13F3N2O3S.C2H6/c21-20(22,23)15-7-9-16(10-8-15)28-19-4-2-1-3-18(19)14-5-11-17(12-6-14)29(26,27)25-13-24;1-2/h1-12,25H;1-2H3. The predicted molar refractivity (Wildman–Crippen MR) is 111 cm³/mol. The Balaban J connectivity index is 0.00000166. The molecule has 3 aromatic rings. The lowest BCUT2D eigenvalue weighted by Crippen LogP contribution is -2.17. The van der Waals surface area contributed by atoms with E-state index in [0.29, 0.717) is 16.9 Å². The molecule has 0 bridgehead atoms. The quantitative estimate of drug-likeness (QED) is 0.386. The van der Waals surface area contributed by atoms with Gasteiger partial charge in [-0.15, -0.1) is 0 Å². The summed E-state index contributed by atoms with van der Waals surface area (Å²) >= 11 is 0. The van der Waals surface area contributed by atoms with Crippen LogP contribution < -0.4 is 9.46 Å². The highest BCUT2D eigenvalue weighted by Gasteiger charge is 2.30. The zero-order chi connectivity index (χ0) is 23.1. The lowest BCUT2D eigenvalue weighted by Gasteiger charge is -2.13. The van der Waals surface area contributed by atoms with Crippen LogP contribution in [0.5, 0.6) is 11.5 Å². The minimum atomic E-state index is -4.43. The fourth-order valence-electron chi connectivity index (χ4n) is 2.57. The zero-order valence-electron chi connectivity index (χ0n) is 16.6. The molecule has 162 valence electrons. The zero-order valence-corrected chi connectivity index (χ0v) is 17.5. The van der Waals surface area contributed by atoms with E-state index >= 15 is 0 Å². The molecule has 0 heterocycles. The number of nitrogens with zero attached hydrogens (tertiary/aromatic N) is 1. The van der Waals surface area contributed by atoms with Gasteiger partial charge in [0.15, 0.2) is 6.19 Å². The normalized spacial score (nSPS) is 11.0. The molecule has 0 aliphatic carbocycles. The number of hydrogen-bond donors (Lipinski definition) is 1. The van der Waals surface area contributed by atoms with Gasteiger partial charge in [0.2, 0.25) is 0 Å². The summed E-state index contributed by atoms with van der Waals surface area (Å²) in [7, 11) is -3.92. The van der Waals surface area contributed by atoms with Gasteiger partial charge in [-0.3, -0.25) is 0 Å². The number of nitrogens with one attached hydrogen (secondary N) is 1. The van der Waals surface area contributed by atoms with Gasteiger partial charge in [-0.05, 0) is 48.0 Å². The van der Waals surface area contributed by atoms with E-state index in [0.717, 1.165) is 12.1 Å². The molecule has 0 aromatic heterocycles. The van der Waals surface area contributed by atoms with Gasteiger partial charge in [0.05, 0.1) is 10.5 Å². The molecule has 0 fully saturated rings. The Hall–Kier alpha value is -3.51. The maximum Gasteiger partial charge on any atom is 0.416 e. The lowest BCUT2D eigenvalue weighted by molar-refractivity contribution is -0.137. The summed E-state index contributed by atoms with van der Waals surface area (Å²) in [6.45, 7) is 4.00. The van der Waals surface area contributed by atoms with E-state index in [1.54, 1.807) is 41.1 Å². The first-order chi connectivity index (χ1) is 14.7. The summed E-state index contributed by atoms with van der Waals surface area (Å²) in [4.78, 5) is -0.0797. The van der Waals surface area contributed by atoms with Crippen LogP contribution in [0.4, 0.5) is 13.2 Å². The average molecular weight is 448 g/mol. The van der Waals surface area contributed by atoms with Crippen LogP contribution in [0.25, 0.3) is 11.1 Å². The first-order valence-electron chi connectivity index (χ1n) is 9.16. The van der Waals surface area contributed by atoms with E-state index in [1.165, 1.54) is 30.5 Å². The molecule has 0 aliphatic rings. The highest BCUT2D eigenvalue weighted by molar-refractivity contribution is 7.89. The molecule has 0 saturated heterocycles. The number of rotatable bonds is 5. The van der Waals surface area contributed by atoms with Crippen molar-refractivity contribution in [1.29, 1.82) is 5.26 Å². The minimum absolute atomic E-state index is 0.0797. The van der Waals surface area contributed by atoms with Gasteiger partial charge in [-0.2, -0.15) is 18.4 Å². The van der Waals surface area contributed by atoms with E-state index in [4.69, 9.17) is 10.00 Å². The van der Waals surface area contributed by atoms with Crippen molar-refractivity contribution in [2.75, 3.05) is 0 Å². The molecule has 0 spiro atoms. The van der Waals surface area contributed by atoms with Crippen molar-refractivity contribution in [3.8, 4) is 28.8 Å². The maximum atomic E-state index is 12.7. The molecule has 0 unspecified atom stereocenters. The summed E-state index contributed by atoms with van der Waals surface area (Å²) in [6, 6.07) is 16.9. The van der Waals surface area contributed by atoms with Crippen LogP contribution in [0.15, 0.2) is 77.7 Å². The highest BCUT2D eigenvalue weighted by Crippen LogP contribution is 2.35. The highest BCUT2D eigenvalue weighted by atomic mass is 32.2. The number of alkyl halides is 3. The Labute approximate surface area is 178 Å². The second-order valence-corrected chi connectivity index (χ2v) is 7.54. The average Bonchev–Trinajstić information content (AvgIpc) is 2.75. The van der Waals surface area contributed by atoms with Crippen LogP contribution in [0.3, 0.4) is 0 Å². The monoisotopic (exact) mass is 448 g/mol. The van der Waals surface area contributed by atoms with Crippen molar-refractivity contribution in [3.63, 3.8) is 0 Å². The van der Waals surface area contributed by atoms with E-state index in [9.17, 15) is 21.6 Å². The Morgan fingerprint density at radius 3 is 2.03 bits per heavy atom. The molecule has 0 aliphatic heterocycles. The third kappa shape index (κ3) is 5.99. The maximum absolute atomic E-state index is 12.7. The van der Waals surface area contributed by atoms with Crippen molar-refractivity contribution in [2.45, 2.75) is 24.9 Å². The molecule has 9 heteroatoms. The Kier molecular flexibility index (Phi) is 7.67.